The van der Waals surface area contributed by atoms with Gasteiger partial charge in [-0.15, -0.1) is 10.2 Å². The minimum Gasteiger partial charge on any atom is -0.456 e. The van der Waals surface area contributed by atoms with Gasteiger partial charge in [0.1, 0.15) is 0 Å². The summed E-state index contributed by atoms with van der Waals surface area (Å²) in [5.74, 6) is -1.42. The van der Waals surface area contributed by atoms with Gasteiger partial charge in [-0.3, -0.25) is 0 Å². The van der Waals surface area contributed by atoms with Crippen molar-refractivity contribution in [1.29, 1.82) is 0 Å². The van der Waals surface area contributed by atoms with Crippen molar-refractivity contribution < 1.29 is 24.2 Å². The normalized spacial score (nSPS) is 10.1. The molecule has 104 valence electrons. The Kier molecular flexibility index (Phi) is 3.38. The molecule has 0 bridgehead atoms. The van der Waals surface area contributed by atoms with Gasteiger partial charge >= 0.3 is 31.2 Å². The van der Waals surface area contributed by atoms with E-state index in [0.717, 1.165) is 0 Å². The fourth-order valence-corrected chi connectivity index (χ4v) is 0.950. The third-order valence-electron chi connectivity index (χ3n) is 1.66. The van der Waals surface area contributed by atoms with E-state index in [2.05, 4.69) is 29.5 Å². The van der Waals surface area contributed by atoms with Crippen molar-refractivity contribution in [2.45, 2.75) is 0 Å². The van der Waals surface area contributed by atoms with Crippen molar-refractivity contribution in [3.05, 3.63) is 20.2 Å². The molecule has 2 heterocycles. The summed E-state index contributed by atoms with van der Waals surface area (Å²) in [5.41, 5.74) is 0. The SMILES string of the molecule is O=[N+]([O-])c1nc(OB(O)Oc2n[nH]c([N+](=O)[O-])n2)n[nH]1. The topological polar surface area (TPSA) is 208 Å². The van der Waals surface area contributed by atoms with Gasteiger partial charge in [-0.1, -0.05) is 0 Å². The molecule has 0 aromatic carbocycles. The van der Waals surface area contributed by atoms with Gasteiger partial charge in [0.05, 0.1) is 0 Å². The minimum atomic E-state index is -2.03. The standard InChI is InChI=1S/C4H3BN8O7/c14-5(19-3-6-1(8-10-3)12(15)16)20-4-7-2(9-11-4)13(17)18/h14H,(H,6,8,10)(H,7,9,11). The predicted octanol–water partition coefficient (Wildman–Crippen LogP) is -1.83. The molecule has 15 nitrogen and oxygen atoms in total. The number of rotatable bonds is 6. The summed E-state index contributed by atoms with van der Waals surface area (Å²) in [7, 11) is -2.03. The molecular weight excluding hydrogens is 283 g/mol. The van der Waals surface area contributed by atoms with E-state index >= 15 is 0 Å². The van der Waals surface area contributed by atoms with Gasteiger partial charge in [-0.25, -0.2) is 0 Å². The Morgan fingerprint density at radius 2 is 1.40 bits per heavy atom. The number of hydrogen-bond donors (Lipinski definition) is 3. The monoisotopic (exact) mass is 286 g/mol. The molecule has 16 heteroatoms. The van der Waals surface area contributed by atoms with Crippen molar-refractivity contribution in [3.8, 4) is 12.0 Å². The molecule has 0 atom stereocenters. The van der Waals surface area contributed by atoms with E-state index in [1.54, 1.807) is 0 Å². The molecule has 2 aromatic heterocycles. The van der Waals surface area contributed by atoms with Gasteiger partial charge in [0, 0.05) is 0 Å². The van der Waals surface area contributed by atoms with Crippen LogP contribution in [0, 0.1) is 20.2 Å². The second-order valence-electron chi connectivity index (χ2n) is 2.94. The fourth-order valence-electron chi connectivity index (χ4n) is 0.950. The zero-order valence-electron chi connectivity index (χ0n) is 9.16. The first-order valence-corrected chi connectivity index (χ1v) is 4.60. The van der Waals surface area contributed by atoms with Gasteiger partial charge in [0.2, 0.25) is 0 Å². The molecule has 0 aliphatic heterocycles. The molecule has 0 radical (unpaired) electrons. The number of nitro groups is 2. The van der Waals surface area contributed by atoms with Crippen LogP contribution in [-0.2, 0) is 0 Å². The van der Waals surface area contributed by atoms with Crippen molar-refractivity contribution in [3.63, 3.8) is 0 Å². The number of aromatic nitrogens is 6. The zero-order chi connectivity index (χ0) is 14.7. The molecule has 0 saturated heterocycles. The summed E-state index contributed by atoms with van der Waals surface area (Å²) in [6.07, 6.45) is 0. The van der Waals surface area contributed by atoms with Crippen LogP contribution >= 0.6 is 0 Å². The second kappa shape index (κ2) is 5.14. The summed E-state index contributed by atoms with van der Waals surface area (Å²) < 4.78 is 9.06. The Morgan fingerprint density at radius 3 is 1.70 bits per heavy atom. The van der Waals surface area contributed by atoms with E-state index in [1.165, 1.54) is 0 Å². The highest BCUT2D eigenvalue weighted by Crippen LogP contribution is 2.11. The van der Waals surface area contributed by atoms with Gasteiger partial charge in [-0.05, 0) is 30.0 Å². The highest BCUT2D eigenvalue weighted by molar-refractivity contribution is 6.36. The lowest BCUT2D eigenvalue weighted by Crippen LogP contribution is -2.30. The zero-order valence-corrected chi connectivity index (χ0v) is 9.16. The molecule has 0 aliphatic rings. The smallest absolute Gasteiger partial charge is 0.456 e. The van der Waals surface area contributed by atoms with Crippen LogP contribution in [0.3, 0.4) is 0 Å². The van der Waals surface area contributed by atoms with Crippen LogP contribution in [0.15, 0.2) is 0 Å². The quantitative estimate of drug-likeness (QED) is 0.305. The molecule has 0 unspecified atom stereocenters. The number of aromatic amines is 2. The van der Waals surface area contributed by atoms with E-state index in [0.29, 0.717) is 0 Å². The lowest BCUT2D eigenvalue weighted by atomic mass is 10.2. The van der Waals surface area contributed by atoms with Crippen LogP contribution in [0.2, 0.25) is 0 Å². The van der Waals surface area contributed by atoms with Crippen molar-refractivity contribution in [2.75, 3.05) is 0 Å². The molecule has 0 spiro atoms. The molecule has 0 amide bonds. The summed E-state index contributed by atoms with van der Waals surface area (Å²) in [4.78, 5) is 25.3. The van der Waals surface area contributed by atoms with E-state index in [4.69, 9.17) is 0 Å². The molecule has 0 fully saturated rings. The third kappa shape index (κ3) is 2.93. The Balaban J connectivity index is 1.95. The van der Waals surface area contributed by atoms with Crippen molar-refractivity contribution >= 4 is 19.2 Å². The number of hydrogen-bond acceptors (Lipinski definition) is 11. The summed E-state index contributed by atoms with van der Waals surface area (Å²) >= 11 is 0. The first kappa shape index (κ1) is 13.1. The van der Waals surface area contributed by atoms with Crippen LogP contribution in [-0.4, -0.2) is 52.6 Å². The highest BCUT2D eigenvalue weighted by atomic mass is 16.7. The van der Waals surface area contributed by atoms with Gasteiger partial charge < -0.3 is 34.6 Å². The maximum Gasteiger partial charge on any atom is 0.791 e. The van der Waals surface area contributed by atoms with E-state index in [-0.39, 0.29) is 0 Å². The summed E-state index contributed by atoms with van der Waals surface area (Å²) in [5, 5.41) is 40.2. The van der Waals surface area contributed by atoms with Gasteiger partial charge in [-0.2, -0.15) is 0 Å². The molecule has 3 N–H and O–H groups in total. The molecule has 0 aliphatic carbocycles. The number of H-pyrrole nitrogens is 2. The highest BCUT2D eigenvalue weighted by Gasteiger charge is 2.30. The summed E-state index contributed by atoms with van der Waals surface area (Å²) in [6.45, 7) is 0. The molecule has 0 saturated carbocycles. The maximum absolute atomic E-state index is 10.3. The molecule has 20 heavy (non-hydrogen) atoms. The van der Waals surface area contributed by atoms with Crippen LogP contribution in [0.25, 0.3) is 0 Å². The molecule has 2 rings (SSSR count). The lowest BCUT2D eigenvalue weighted by Gasteiger charge is -1.99. The Bertz CT molecular complexity index is 584. The third-order valence-corrected chi connectivity index (χ3v) is 1.66. The number of nitrogens with one attached hydrogen (secondary N) is 2. The second-order valence-corrected chi connectivity index (χ2v) is 2.94. The van der Waals surface area contributed by atoms with Crippen LogP contribution in [0.5, 0.6) is 12.0 Å². The van der Waals surface area contributed by atoms with Gasteiger partial charge in [0.25, 0.3) is 0 Å². The van der Waals surface area contributed by atoms with Crippen LogP contribution in [0.4, 0.5) is 11.9 Å². The minimum absolute atomic E-state index is 0.575. The average Bonchev–Trinajstić information content (AvgIpc) is 2.98. The lowest BCUT2D eigenvalue weighted by molar-refractivity contribution is -0.394. The largest absolute Gasteiger partial charge is 0.791 e. The average molecular weight is 286 g/mol. The Labute approximate surface area is 107 Å². The first-order chi connectivity index (χ1) is 9.45. The van der Waals surface area contributed by atoms with Crippen LogP contribution in [0.1, 0.15) is 0 Å². The summed E-state index contributed by atoms with van der Waals surface area (Å²) in [6, 6.07) is -1.15. The van der Waals surface area contributed by atoms with Crippen LogP contribution < -0.4 is 9.31 Å². The van der Waals surface area contributed by atoms with Crippen molar-refractivity contribution in [2.24, 2.45) is 0 Å². The first-order valence-electron chi connectivity index (χ1n) is 4.60. The molecule has 2 aromatic rings. The Morgan fingerprint density at radius 1 is 1.00 bits per heavy atom. The predicted molar refractivity (Wildman–Crippen MR) is 55.3 cm³/mol. The van der Waals surface area contributed by atoms with E-state index in [9.17, 15) is 25.3 Å². The fraction of sp³-hybridized carbons (Fsp3) is 0. The van der Waals surface area contributed by atoms with Gasteiger partial charge in [0.15, 0.2) is 0 Å². The van der Waals surface area contributed by atoms with E-state index < -0.39 is 41.1 Å². The molecular formula is C4H3BN8O7. The maximum atomic E-state index is 10.3. The Hall–Kier alpha value is -3.30. The number of nitrogens with zero attached hydrogens (tertiary/aromatic N) is 6. The van der Waals surface area contributed by atoms with Crippen molar-refractivity contribution in [1.82, 2.24) is 30.4 Å². The van der Waals surface area contributed by atoms with E-state index in [1.807, 2.05) is 10.2 Å².